The number of rotatable bonds is 8. The SMILES string of the molecule is CCC(=O)Nc1c(C)noc1/C=C\c1ccc(S(=O)(=O)N[C@H](C)CC)cc1. The van der Waals surface area contributed by atoms with E-state index in [9.17, 15) is 13.2 Å². The fourth-order valence-corrected chi connectivity index (χ4v) is 3.55. The molecule has 7 nitrogen and oxygen atoms in total. The lowest BCUT2D eigenvalue weighted by Crippen LogP contribution is -2.31. The zero-order valence-corrected chi connectivity index (χ0v) is 16.8. The number of carbonyl (C=O) groups is 1. The lowest BCUT2D eigenvalue weighted by Gasteiger charge is -2.12. The second kappa shape index (κ2) is 8.96. The lowest BCUT2D eigenvalue weighted by molar-refractivity contribution is -0.115. The highest BCUT2D eigenvalue weighted by Gasteiger charge is 2.16. The summed E-state index contributed by atoms with van der Waals surface area (Å²) in [6.45, 7) is 7.25. The molecular formula is C19H25N3O4S. The topological polar surface area (TPSA) is 101 Å². The normalized spacial score (nSPS) is 13.0. The van der Waals surface area contributed by atoms with Gasteiger partial charge in [-0.05, 0) is 44.0 Å². The zero-order chi connectivity index (χ0) is 20.0. The van der Waals surface area contributed by atoms with E-state index in [0.717, 1.165) is 5.56 Å². The van der Waals surface area contributed by atoms with E-state index >= 15 is 0 Å². The first kappa shape index (κ1) is 20.9. The summed E-state index contributed by atoms with van der Waals surface area (Å²) in [5, 5.41) is 6.63. The van der Waals surface area contributed by atoms with E-state index in [4.69, 9.17) is 4.52 Å². The van der Waals surface area contributed by atoms with Crippen LogP contribution in [0.1, 0.15) is 50.6 Å². The van der Waals surface area contributed by atoms with E-state index in [0.29, 0.717) is 30.0 Å². The van der Waals surface area contributed by atoms with Crippen molar-refractivity contribution in [3.8, 4) is 0 Å². The van der Waals surface area contributed by atoms with E-state index in [1.165, 1.54) is 0 Å². The van der Waals surface area contributed by atoms with Gasteiger partial charge in [0.2, 0.25) is 15.9 Å². The highest BCUT2D eigenvalue weighted by atomic mass is 32.2. The van der Waals surface area contributed by atoms with Crippen molar-refractivity contribution in [1.29, 1.82) is 0 Å². The van der Waals surface area contributed by atoms with Crippen LogP contribution >= 0.6 is 0 Å². The Morgan fingerprint density at radius 1 is 1.22 bits per heavy atom. The van der Waals surface area contributed by atoms with Crippen LogP contribution in [0.5, 0.6) is 0 Å². The van der Waals surface area contributed by atoms with Gasteiger partial charge in [0.1, 0.15) is 11.4 Å². The van der Waals surface area contributed by atoms with Gasteiger partial charge >= 0.3 is 0 Å². The van der Waals surface area contributed by atoms with E-state index < -0.39 is 10.0 Å². The number of hydrogen-bond donors (Lipinski definition) is 2. The summed E-state index contributed by atoms with van der Waals surface area (Å²) in [5.41, 5.74) is 1.92. The number of amides is 1. The predicted molar refractivity (Wildman–Crippen MR) is 106 cm³/mol. The van der Waals surface area contributed by atoms with Crippen LogP contribution < -0.4 is 10.0 Å². The maximum Gasteiger partial charge on any atom is 0.240 e. The van der Waals surface area contributed by atoms with Gasteiger partial charge in [0.15, 0.2) is 5.76 Å². The molecule has 0 spiro atoms. The van der Waals surface area contributed by atoms with Crippen LogP contribution in [0.15, 0.2) is 33.7 Å². The van der Waals surface area contributed by atoms with Gasteiger partial charge < -0.3 is 9.84 Å². The molecule has 0 aliphatic heterocycles. The number of nitrogens with one attached hydrogen (secondary N) is 2. The summed E-state index contributed by atoms with van der Waals surface area (Å²) < 4.78 is 32.4. The Hall–Kier alpha value is -2.45. The molecule has 0 fully saturated rings. The summed E-state index contributed by atoms with van der Waals surface area (Å²) in [7, 11) is -3.53. The summed E-state index contributed by atoms with van der Waals surface area (Å²) in [4.78, 5) is 11.8. The Bertz CT molecular complexity index is 915. The monoisotopic (exact) mass is 391 g/mol. The molecule has 1 atom stereocenters. The van der Waals surface area contributed by atoms with Crippen molar-refractivity contribution in [1.82, 2.24) is 9.88 Å². The quantitative estimate of drug-likeness (QED) is 0.716. The predicted octanol–water partition coefficient (Wildman–Crippen LogP) is 3.58. The fraction of sp³-hybridized carbons (Fsp3) is 0.368. The van der Waals surface area contributed by atoms with Gasteiger partial charge in [-0.1, -0.05) is 37.2 Å². The standard InChI is InChI=1S/C19H25N3O4S/c1-5-13(3)22-27(24,25)16-10-7-15(8-11-16)9-12-17-19(14(4)21-26-17)20-18(23)6-2/h7-13,22H,5-6H2,1-4H3,(H,20,23)/b12-9-/t13-/m1/s1. The van der Waals surface area contributed by atoms with Gasteiger partial charge in [0.25, 0.3) is 0 Å². The van der Waals surface area contributed by atoms with Gasteiger partial charge in [0, 0.05) is 12.5 Å². The maximum atomic E-state index is 12.3. The van der Waals surface area contributed by atoms with Gasteiger partial charge in [-0.15, -0.1) is 0 Å². The Labute approximate surface area is 159 Å². The molecule has 2 aromatic rings. The minimum Gasteiger partial charge on any atom is -0.354 e. The molecule has 27 heavy (non-hydrogen) atoms. The van der Waals surface area contributed by atoms with Crippen molar-refractivity contribution >= 4 is 33.8 Å². The molecule has 0 saturated carbocycles. The lowest BCUT2D eigenvalue weighted by atomic mass is 10.2. The van der Waals surface area contributed by atoms with Crippen LogP contribution in [0.25, 0.3) is 12.2 Å². The van der Waals surface area contributed by atoms with Crippen molar-refractivity contribution in [3.63, 3.8) is 0 Å². The Morgan fingerprint density at radius 2 is 1.89 bits per heavy atom. The first-order valence-corrected chi connectivity index (χ1v) is 10.3. The molecule has 1 amide bonds. The van der Waals surface area contributed by atoms with Crippen molar-refractivity contribution in [3.05, 3.63) is 41.3 Å². The first-order chi connectivity index (χ1) is 12.8. The number of sulfonamides is 1. The van der Waals surface area contributed by atoms with Gasteiger partial charge in [-0.25, -0.2) is 13.1 Å². The van der Waals surface area contributed by atoms with Crippen LogP contribution in [-0.4, -0.2) is 25.5 Å². The number of anilines is 1. The Morgan fingerprint density at radius 3 is 2.48 bits per heavy atom. The summed E-state index contributed by atoms with van der Waals surface area (Å²) in [6.07, 6.45) is 4.52. The molecule has 0 saturated heterocycles. The molecule has 8 heteroatoms. The largest absolute Gasteiger partial charge is 0.354 e. The van der Waals surface area contributed by atoms with Crippen molar-refractivity contribution < 1.29 is 17.7 Å². The smallest absolute Gasteiger partial charge is 0.240 e. The minimum atomic E-state index is -3.53. The minimum absolute atomic E-state index is 0.124. The molecule has 0 radical (unpaired) electrons. The van der Waals surface area contributed by atoms with E-state index in [1.807, 2.05) is 13.8 Å². The average Bonchev–Trinajstić information content (AvgIpc) is 2.99. The molecule has 1 heterocycles. The third kappa shape index (κ3) is 5.51. The summed E-state index contributed by atoms with van der Waals surface area (Å²) in [6, 6.07) is 6.39. The van der Waals surface area contributed by atoms with Crippen LogP contribution in [-0.2, 0) is 14.8 Å². The molecular weight excluding hydrogens is 366 g/mol. The third-order valence-corrected chi connectivity index (χ3v) is 5.67. The number of hydrogen-bond acceptors (Lipinski definition) is 5. The number of aryl methyl sites for hydroxylation is 1. The van der Waals surface area contributed by atoms with E-state index in [2.05, 4.69) is 15.2 Å². The van der Waals surface area contributed by atoms with E-state index in [1.54, 1.807) is 50.3 Å². The van der Waals surface area contributed by atoms with Crippen LogP contribution in [0.4, 0.5) is 5.69 Å². The van der Waals surface area contributed by atoms with Crippen LogP contribution in [0, 0.1) is 6.92 Å². The van der Waals surface area contributed by atoms with Crippen molar-refractivity contribution in [2.45, 2.75) is 51.5 Å². The third-order valence-electron chi connectivity index (χ3n) is 4.06. The number of aromatic nitrogens is 1. The first-order valence-electron chi connectivity index (χ1n) is 8.83. The van der Waals surface area contributed by atoms with Crippen molar-refractivity contribution in [2.24, 2.45) is 0 Å². The van der Waals surface area contributed by atoms with Crippen LogP contribution in [0.3, 0.4) is 0 Å². The highest BCUT2D eigenvalue weighted by molar-refractivity contribution is 7.89. The molecule has 0 aliphatic rings. The number of carbonyl (C=O) groups excluding carboxylic acids is 1. The van der Waals surface area contributed by atoms with Gasteiger partial charge in [-0.2, -0.15) is 0 Å². The van der Waals surface area contributed by atoms with Crippen molar-refractivity contribution in [2.75, 3.05) is 5.32 Å². The molecule has 2 N–H and O–H groups in total. The Kier molecular flexibility index (Phi) is 6.92. The Balaban J connectivity index is 2.17. The van der Waals surface area contributed by atoms with Crippen LogP contribution in [0.2, 0.25) is 0 Å². The summed E-state index contributed by atoms with van der Waals surface area (Å²) in [5.74, 6) is 0.309. The second-order valence-electron chi connectivity index (χ2n) is 6.24. The fourth-order valence-electron chi connectivity index (χ4n) is 2.23. The molecule has 1 aromatic heterocycles. The molecule has 0 bridgehead atoms. The molecule has 0 aliphatic carbocycles. The van der Waals surface area contributed by atoms with E-state index in [-0.39, 0.29) is 16.8 Å². The highest BCUT2D eigenvalue weighted by Crippen LogP contribution is 2.23. The maximum absolute atomic E-state index is 12.3. The average molecular weight is 391 g/mol. The van der Waals surface area contributed by atoms with Gasteiger partial charge in [0.05, 0.1) is 4.90 Å². The molecule has 146 valence electrons. The zero-order valence-electron chi connectivity index (χ0n) is 15.9. The molecule has 2 rings (SSSR count). The summed E-state index contributed by atoms with van der Waals surface area (Å²) >= 11 is 0. The number of benzene rings is 1. The number of nitrogens with zero attached hydrogens (tertiary/aromatic N) is 1. The van der Waals surface area contributed by atoms with Gasteiger partial charge in [-0.3, -0.25) is 4.79 Å². The molecule has 1 aromatic carbocycles. The second-order valence-corrected chi connectivity index (χ2v) is 7.96. The molecule has 0 unspecified atom stereocenters.